The first-order chi connectivity index (χ1) is 17.6. The summed E-state index contributed by atoms with van der Waals surface area (Å²) >= 11 is 6.25. The lowest BCUT2D eigenvalue weighted by molar-refractivity contribution is -0.138. The third kappa shape index (κ3) is 5.53. The number of rotatable bonds is 7. The minimum Gasteiger partial charge on any atom is -0.395 e. The zero-order chi connectivity index (χ0) is 24.9. The Kier molecular flexibility index (Phi) is 7.79. The van der Waals surface area contributed by atoms with E-state index in [4.69, 9.17) is 16.7 Å². The second-order valence-electron chi connectivity index (χ2n) is 9.36. The summed E-state index contributed by atoms with van der Waals surface area (Å²) in [7, 11) is 0. The van der Waals surface area contributed by atoms with E-state index < -0.39 is 0 Å². The molecule has 5 rings (SSSR count). The lowest BCUT2D eigenvalue weighted by atomic mass is 9.94. The number of anilines is 2. The minimum atomic E-state index is 0.0532. The summed E-state index contributed by atoms with van der Waals surface area (Å²) in [6.45, 7) is 6.10. The SMILES string of the molecule is O=C(C1CCN(c2nccc3nc(NCc4ccccc4Cl)ncc23)CC1)N1CCN(CCO)CC1. The Morgan fingerprint density at radius 3 is 2.58 bits per heavy atom. The van der Waals surface area contributed by atoms with Crippen LogP contribution in [0, 0.1) is 5.92 Å². The molecule has 4 heterocycles. The van der Waals surface area contributed by atoms with Crippen LogP contribution < -0.4 is 10.2 Å². The highest BCUT2D eigenvalue weighted by Crippen LogP contribution is 2.29. The van der Waals surface area contributed by atoms with Crippen LogP contribution in [0.2, 0.25) is 5.02 Å². The largest absolute Gasteiger partial charge is 0.395 e. The number of aliphatic hydroxyl groups excluding tert-OH is 1. The van der Waals surface area contributed by atoms with Crippen molar-refractivity contribution in [2.24, 2.45) is 5.92 Å². The lowest BCUT2D eigenvalue weighted by Gasteiger charge is -2.38. The maximum atomic E-state index is 13.1. The van der Waals surface area contributed by atoms with Crippen molar-refractivity contribution in [3.8, 4) is 0 Å². The molecule has 0 aliphatic carbocycles. The van der Waals surface area contributed by atoms with Gasteiger partial charge in [0, 0.05) is 75.7 Å². The van der Waals surface area contributed by atoms with Crippen LogP contribution in [0.4, 0.5) is 11.8 Å². The van der Waals surface area contributed by atoms with Gasteiger partial charge in [0.1, 0.15) is 5.82 Å². The number of nitrogens with one attached hydrogen (secondary N) is 1. The zero-order valence-electron chi connectivity index (χ0n) is 20.3. The fraction of sp³-hybridized carbons (Fsp3) is 0.462. The third-order valence-electron chi connectivity index (χ3n) is 7.13. The van der Waals surface area contributed by atoms with Gasteiger partial charge in [-0.3, -0.25) is 9.69 Å². The van der Waals surface area contributed by atoms with Crippen LogP contribution >= 0.6 is 11.6 Å². The van der Waals surface area contributed by atoms with E-state index in [1.54, 1.807) is 6.20 Å². The monoisotopic (exact) mass is 509 g/mol. The summed E-state index contributed by atoms with van der Waals surface area (Å²) in [5.41, 5.74) is 1.82. The van der Waals surface area contributed by atoms with E-state index in [0.717, 1.165) is 74.4 Å². The van der Waals surface area contributed by atoms with Gasteiger partial charge in [0.25, 0.3) is 0 Å². The average molecular weight is 510 g/mol. The highest BCUT2D eigenvalue weighted by atomic mass is 35.5. The summed E-state index contributed by atoms with van der Waals surface area (Å²) < 4.78 is 0. The van der Waals surface area contributed by atoms with Crippen LogP contribution in [0.5, 0.6) is 0 Å². The number of fused-ring (bicyclic) bond motifs is 1. The molecule has 0 bridgehead atoms. The van der Waals surface area contributed by atoms with Gasteiger partial charge in [0.2, 0.25) is 11.9 Å². The number of hydrogen-bond acceptors (Lipinski definition) is 8. The number of aliphatic hydroxyl groups is 1. The molecule has 0 saturated carbocycles. The molecule has 2 saturated heterocycles. The topological polar surface area (TPSA) is 97.7 Å². The highest BCUT2D eigenvalue weighted by molar-refractivity contribution is 6.31. The molecule has 36 heavy (non-hydrogen) atoms. The summed E-state index contributed by atoms with van der Waals surface area (Å²) in [6.07, 6.45) is 5.23. The van der Waals surface area contributed by atoms with Gasteiger partial charge in [0.15, 0.2) is 0 Å². The first-order valence-corrected chi connectivity index (χ1v) is 13.0. The highest BCUT2D eigenvalue weighted by Gasteiger charge is 2.31. The van der Waals surface area contributed by atoms with Crippen LogP contribution in [0.1, 0.15) is 18.4 Å². The Bertz CT molecular complexity index is 1190. The predicted molar refractivity (Wildman–Crippen MR) is 141 cm³/mol. The maximum Gasteiger partial charge on any atom is 0.225 e. The number of carbonyl (C=O) groups is 1. The molecule has 9 nitrogen and oxygen atoms in total. The molecule has 0 unspecified atom stereocenters. The molecule has 0 radical (unpaired) electrons. The Morgan fingerprint density at radius 2 is 1.83 bits per heavy atom. The Balaban J connectivity index is 1.20. The van der Waals surface area contributed by atoms with E-state index in [0.29, 0.717) is 24.1 Å². The normalized spacial score (nSPS) is 17.5. The van der Waals surface area contributed by atoms with Gasteiger partial charge in [0.05, 0.1) is 17.5 Å². The van der Waals surface area contributed by atoms with Crippen molar-refractivity contribution in [3.05, 3.63) is 53.3 Å². The first-order valence-electron chi connectivity index (χ1n) is 12.6. The number of aromatic nitrogens is 3. The van der Waals surface area contributed by atoms with E-state index in [9.17, 15) is 4.79 Å². The molecule has 10 heteroatoms. The number of amides is 1. The van der Waals surface area contributed by atoms with Crippen molar-refractivity contribution < 1.29 is 9.90 Å². The summed E-state index contributed by atoms with van der Waals surface area (Å²) in [4.78, 5) is 33.4. The standard InChI is InChI=1S/C26H32ClN7O2/c27-22-4-2-1-3-20(22)17-29-26-30-18-21-23(31-26)5-8-28-24(21)33-9-6-19(7-10-33)25(36)34-13-11-32(12-14-34)15-16-35/h1-5,8,18-19,35H,6-7,9-17H2,(H,29,30,31). The van der Waals surface area contributed by atoms with Gasteiger partial charge < -0.3 is 20.2 Å². The first kappa shape index (κ1) is 24.7. The van der Waals surface area contributed by atoms with E-state index in [2.05, 4.69) is 30.1 Å². The van der Waals surface area contributed by atoms with Gasteiger partial charge in [-0.05, 0) is 30.5 Å². The molecular formula is C26H32ClN7O2. The fourth-order valence-electron chi connectivity index (χ4n) is 5.03. The van der Waals surface area contributed by atoms with Crippen LogP contribution in [0.3, 0.4) is 0 Å². The molecule has 1 amide bonds. The molecule has 1 aromatic carbocycles. The Hall–Kier alpha value is -3.01. The van der Waals surface area contributed by atoms with Gasteiger partial charge >= 0.3 is 0 Å². The van der Waals surface area contributed by atoms with Crippen LogP contribution in [0.25, 0.3) is 10.9 Å². The number of pyridine rings is 1. The quantitative estimate of drug-likeness (QED) is 0.501. The van der Waals surface area contributed by atoms with Crippen molar-refractivity contribution in [2.45, 2.75) is 19.4 Å². The number of benzene rings is 1. The van der Waals surface area contributed by atoms with Gasteiger partial charge in [-0.15, -0.1) is 0 Å². The summed E-state index contributed by atoms with van der Waals surface area (Å²) in [5, 5.41) is 14.0. The van der Waals surface area contributed by atoms with Crippen molar-refractivity contribution >= 4 is 40.2 Å². The van der Waals surface area contributed by atoms with Crippen LogP contribution in [-0.4, -0.2) is 88.2 Å². The Labute approximate surface area is 216 Å². The maximum absolute atomic E-state index is 13.1. The molecule has 2 aliphatic rings. The summed E-state index contributed by atoms with van der Waals surface area (Å²) in [6, 6.07) is 9.61. The van der Waals surface area contributed by atoms with Crippen molar-refractivity contribution in [1.29, 1.82) is 0 Å². The number of carbonyl (C=O) groups excluding carboxylic acids is 1. The number of piperazine rings is 1. The molecule has 0 atom stereocenters. The van der Waals surface area contributed by atoms with E-state index in [1.165, 1.54) is 0 Å². The van der Waals surface area contributed by atoms with E-state index in [-0.39, 0.29) is 18.4 Å². The lowest BCUT2D eigenvalue weighted by Crippen LogP contribution is -2.52. The predicted octanol–water partition coefficient (Wildman–Crippen LogP) is 2.64. The van der Waals surface area contributed by atoms with E-state index >= 15 is 0 Å². The van der Waals surface area contributed by atoms with Gasteiger partial charge in [-0.25, -0.2) is 15.0 Å². The van der Waals surface area contributed by atoms with E-state index in [1.807, 2.05) is 41.4 Å². The molecule has 2 aromatic heterocycles. The molecule has 3 aromatic rings. The number of nitrogens with zero attached hydrogens (tertiary/aromatic N) is 6. The second kappa shape index (κ2) is 11.4. The van der Waals surface area contributed by atoms with Crippen molar-refractivity contribution in [1.82, 2.24) is 24.8 Å². The average Bonchev–Trinajstić information content (AvgIpc) is 2.92. The second-order valence-corrected chi connectivity index (χ2v) is 9.76. The minimum absolute atomic E-state index is 0.0532. The molecule has 190 valence electrons. The summed E-state index contributed by atoms with van der Waals surface area (Å²) in [5.74, 6) is 1.73. The molecular weight excluding hydrogens is 478 g/mol. The Morgan fingerprint density at radius 1 is 1.06 bits per heavy atom. The van der Waals surface area contributed by atoms with Gasteiger partial charge in [-0.2, -0.15) is 0 Å². The molecule has 2 N–H and O–H groups in total. The molecule has 0 spiro atoms. The smallest absolute Gasteiger partial charge is 0.225 e. The third-order valence-corrected chi connectivity index (χ3v) is 7.50. The number of halogens is 1. The van der Waals surface area contributed by atoms with Crippen molar-refractivity contribution in [2.75, 3.05) is 62.6 Å². The zero-order valence-corrected chi connectivity index (χ0v) is 21.1. The van der Waals surface area contributed by atoms with Crippen LogP contribution in [0.15, 0.2) is 42.7 Å². The van der Waals surface area contributed by atoms with Crippen molar-refractivity contribution in [3.63, 3.8) is 0 Å². The van der Waals surface area contributed by atoms with Crippen LogP contribution in [-0.2, 0) is 11.3 Å². The molecule has 2 aliphatic heterocycles. The molecule has 2 fully saturated rings. The number of hydrogen-bond donors (Lipinski definition) is 2. The number of piperidine rings is 1. The number of β-amino-alcohol motifs (C(OH)–C–C–N with tert-alkyl or cyclic N) is 1. The van der Waals surface area contributed by atoms with Gasteiger partial charge in [-0.1, -0.05) is 29.8 Å². The fourth-order valence-corrected chi connectivity index (χ4v) is 5.23.